The Kier molecular flexibility index (Phi) is 9.28. The summed E-state index contributed by atoms with van der Waals surface area (Å²) in [7, 11) is 3.51. The number of carbonyl (C=O) groups is 1. The number of pyridine rings is 1. The van der Waals surface area contributed by atoms with Gasteiger partial charge in [0.15, 0.2) is 11.6 Å². The molecule has 16 heteroatoms. The smallest absolute Gasteiger partial charge is 0.359 e. The van der Waals surface area contributed by atoms with Gasteiger partial charge in [-0.15, -0.1) is 0 Å². The van der Waals surface area contributed by atoms with Crippen molar-refractivity contribution < 1.29 is 23.1 Å². The lowest BCUT2D eigenvalue weighted by Crippen LogP contribution is -2.42. The van der Waals surface area contributed by atoms with Crippen molar-refractivity contribution in [1.82, 2.24) is 34.2 Å². The second-order valence-electron chi connectivity index (χ2n) is 12.1. The van der Waals surface area contributed by atoms with Gasteiger partial charge in [0.05, 0.1) is 40.2 Å². The number of nitrogens with zero attached hydrogens (tertiary/aromatic N) is 6. The molecule has 3 heterocycles. The van der Waals surface area contributed by atoms with Gasteiger partial charge >= 0.3 is 17.3 Å². The third-order valence-corrected chi connectivity index (χ3v) is 9.09. The second kappa shape index (κ2) is 14.0. The molecule has 7 rings (SSSR count). The Morgan fingerprint density at radius 2 is 1.72 bits per heavy atom. The highest BCUT2D eigenvalue weighted by atomic mass is 35.5. The minimum atomic E-state index is -1.43. The summed E-state index contributed by atoms with van der Waals surface area (Å²) in [5, 5.41) is 22.1. The van der Waals surface area contributed by atoms with Crippen LogP contribution in [0.25, 0.3) is 38.5 Å². The predicted molar refractivity (Wildman–Crippen MR) is 194 cm³/mol. The SMILES string of the molecule is CNCCc1c(Nc2nc(=O)n(-c3cncc4cccc(-c5ccccc5C(=O)O)c34)c(=O)n2Cc2cc(F)c(F)cc2F)c(Cl)cc2nn(C)cc12. The van der Waals surface area contributed by atoms with Crippen LogP contribution in [0.5, 0.6) is 0 Å². The Balaban J connectivity index is 1.50. The van der Waals surface area contributed by atoms with Gasteiger partial charge in [0.25, 0.3) is 0 Å². The van der Waals surface area contributed by atoms with Crippen LogP contribution in [-0.4, -0.2) is 53.6 Å². The minimum Gasteiger partial charge on any atom is -0.478 e. The van der Waals surface area contributed by atoms with Crippen LogP contribution >= 0.6 is 11.6 Å². The number of carboxylic acids is 1. The van der Waals surface area contributed by atoms with Crippen molar-refractivity contribution in [2.75, 3.05) is 18.9 Å². The van der Waals surface area contributed by atoms with Crippen LogP contribution in [0.1, 0.15) is 21.5 Å². The molecule has 0 bridgehead atoms. The Labute approximate surface area is 302 Å². The minimum absolute atomic E-state index is 0.0319. The molecule has 0 unspecified atom stereocenters. The third-order valence-electron chi connectivity index (χ3n) is 8.79. The van der Waals surface area contributed by atoms with Gasteiger partial charge in [0.1, 0.15) is 5.82 Å². The van der Waals surface area contributed by atoms with Crippen molar-refractivity contribution in [3.05, 3.63) is 139 Å². The summed E-state index contributed by atoms with van der Waals surface area (Å²) < 4.78 is 46.8. The lowest BCUT2D eigenvalue weighted by molar-refractivity contribution is 0.0697. The van der Waals surface area contributed by atoms with E-state index < -0.39 is 46.9 Å². The molecular formula is C37H28ClF3N8O4. The number of aromatic nitrogens is 6. The van der Waals surface area contributed by atoms with Gasteiger partial charge in [0, 0.05) is 47.2 Å². The fraction of sp³-hybridized carbons (Fsp3) is 0.135. The van der Waals surface area contributed by atoms with E-state index in [-0.39, 0.29) is 27.9 Å². The number of aromatic carboxylic acids is 1. The normalized spacial score (nSPS) is 11.4. The van der Waals surface area contributed by atoms with Crippen molar-refractivity contribution in [3.63, 3.8) is 0 Å². The number of likely N-dealkylation sites (N-methyl/N-ethyl adjacent to an activating group) is 1. The van der Waals surface area contributed by atoms with E-state index in [0.717, 1.165) is 9.95 Å². The molecule has 4 aromatic carbocycles. The summed E-state index contributed by atoms with van der Waals surface area (Å²) >= 11 is 6.77. The van der Waals surface area contributed by atoms with E-state index >= 15 is 4.39 Å². The third kappa shape index (κ3) is 6.40. The maximum absolute atomic E-state index is 15.2. The number of carboxylic acid groups (broad SMARTS) is 1. The van der Waals surface area contributed by atoms with Gasteiger partial charge in [-0.25, -0.2) is 32.1 Å². The van der Waals surface area contributed by atoms with Gasteiger partial charge in [-0.1, -0.05) is 48.0 Å². The van der Waals surface area contributed by atoms with E-state index in [4.69, 9.17) is 11.6 Å². The van der Waals surface area contributed by atoms with Crippen LogP contribution in [0.15, 0.2) is 88.8 Å². The first-order valence-electron chi connectivity index (χ1n) is 16.1. The summed E-state index contributed by atoms with van der Waals surface area (Å²) in [6.07, 6.45) is 4.93. The van der Waals surface area contributed by atoms with Gasteiger partial charge in [-0.05, 0) is 54.9 Å². The molecule has 0 aliphatic rings. The van der Waals surface area contributed by atoms with E-state index in [9.17, 15) is 28.3 Å². The highest BCUT2D eigenvalue weighted by Gasteiger charge is 2.24. The molecule has 12 nitrogen and oxygen atoms in total. The molecule has 0 saturated heterocycles. The largest absolute Gasteiger partial charge is 0.478 e. The van der Waals surface area contributed by atoms with Crippen LogP contribution in [0.3, 0.4) is 0 Å². The second-order valence-corrected chi connectivity index (χ2v) is 12.5. The number of halogens is 4. The van der Waals surface area contributed by atoms with Gasteiger partial charge < -0.3 is 15.7 Å². The molecule has 268 valence electrons. The quantitative estimate of drug-likeness (QED) is 0.148. The number of hydrogen-bond donors (Lipinski definition) is 3. The molecule has 0 amide bonds. The van der Waals surface area contributed by atoms with Crippen molar-refractivity contribution in [3.8, 4) is 16.8 Å². The number of benzene rings is 4. The number of anilines is 2. The standard InChI is InChI=1S/C37H28ClF3N8O4/c1-42-11-10-23-25-18-47(2)46-30(25)13-26(38)33(23)44-35-45-36(52)49(37(53)48(35)17-20-12-28(40)29(41)14-27(20)39)31-16-43-15-19-6-5-9-22(32(19)31)21-7-3-4-8-24(21)34(50)51/h3-9,12-16,18,42H,10-11,17H2,1-2H3,(H,50,51)(H,44,45,52). The van der Waals surface area contributed by atoms with Crippen LogP contribution < -0.4 is 22.0 Å². The Morgan fingerprint density at radius 1 is 0.962 bits per heavy atom. The van der Waals surface area contributed by atoms with Crippen molar-refractivity contribution >= 4 is 50.9 Å². The van der Waals surface area contributed by atoms with Crippen molar-refractivity contribution in [1.29, 1.82) is 0 Å². The summed E-state index contributed by atoms with van der Waals surface area (Å²) in [4.78, 5) is 49.4. The number of rotatable bonds is 10. The predicted octanol–water partition coefficient (Wildman–Crippen LogP) is 5.82. The molecule has 0 aliphatic heterocycles. The zero-order valence-electron chi connectivity index (χ0n) is 28.0. The Morgan fingerprint density at radius 3 is 2.49 bits per heavy atom. The van der Waals surface area contributed by atoms with E-state index in [0.29, 0.717) is 62.6 Å². The molecule has 0 fully saturated rings. The number of nitrogens with one attached hydrogen (secondary N) is 2. The first-order valence-corrected chi connectivity index (χ1v) is 16.5. The number of hydrogen-bond acceptors (Lipinski definition) is 8. The highest BCUT2D eigenvalue weighted by molar-refractivity contribution is 6.34. The molecule has 0 spiro atoms. The molecule has 0 atom stereocenters. The fourth-order valence-corrected chi connectivity index (χ4v) is 6.65. The van der Waals surface area contributed by atoms with Gasteiger partial charge in [-0.3, -0.25) is 14.2 Å². The zero-order valence-corrected chi connectivity index (χ0v) is 28.7. The first kappa shape index (κ1) is 35.1. The average molecular weight is 741 g/mol. The van der Waals surface area contributed by atoms with Crippen LogP contribution in [0.2, 0.25) is 5.02 Å². The van der Waals surface area contributed by atoms with E-state index in [2.05, 4.69) is 25.7 Å². The maximum atomic E-state index is 15.2. The lowest BCUT2D eigenvalue weighted by Gasteiger charge is -2.20. The molecule has 0 aliphatic carbocycles. The summed E-state index contributed by atoms with van der Waals surface area (Å²) in [6, 6.07) is 13.8. The molecule has 3 N–H and O–H groups in total. The Hall–Kier alpha value is -6.32. The average Bonchev–Trinajstić information content (AvgIpc) is 3.50. The molecule has 53 heavy (non-hydrogen) atoms. The first-order chi connectivity index (χ1) is 25.5. The van der Waals surface area contributed by atoms with Crippen molar-refractivity contribution in [2.45, 2.75) is 13.0 Å². The highest BCUT2D eigenvalue weighted by Crippen LogP contribution is 2.36. The summed E-state index contributed by atoms with van der Waals surface area (Å²) in [5.41, 5.74) is -0.435. The molecule has 3 aromatic heterocycles. The van der Waals surface area contributed by atoms with Crippen LogP contribution in [0.4, 0.5) is 24.8 Å². The lowest BCUT2D eigenvalue weighted by atomic mass is 9.94. The van der Waals surface area contributed by atoms with Crippen LogP contribution in [0, 0.1) is 17.5 Å². The van der Waals surface area contributed by atoms with E-state index in [1.807, 2.05) is 0 Å². The molecule has 0 radical (unpaired) electrons. The van der Waals surface area contributed by atoms with Gasteiger partial charge in [-0.2, -0.15) is 10.1 Å². The monoisotopic (exact) mass is 740 g/mol. The van der Waals surface area contributed by atoms with E-state index in [1.165, 1.54) is 18.5 Å². The maximum Gasteiger partial charge on any atom is 0.359 e. The van der Waals surface area contributed by atoms with Crippen LogP contribution in [-0.2, 0) is 20.0 Å². The van der Waals surface area contributed by atoms with Gasteiger partial charge in [0.2, 0.25) is 5.95 Å². The zero-order chi connectivity index (χ0) is 37.6. The summed E-state index contributed by atoms with van der Waals surface area (Å²) in [6.45, 7) is -0.203. The molecular weight excluding hydrogens is 713 g/mol. The Bertz CT molecular complexity index is 2720. The summed E-state index contributed by atoms with van der Waals surface area (Å²) in [5.74, 6) is -5.51. The number of aryl methyl sites for hydroxylation is 1. The molecule has 0 saturated carbocycles. The molecule has 7 aromatic rings. The fourth-order valence-electron chi connectivity index (χ4n) is 6.38. The van der Waals surface area contributed by atoms with E-state index in [1.54, 1.807) is 67.4 Å². The topological polar surface area (TPSA) is 149 Å². The number of fused-ring (bicyclic) bond motifs is 2. The van der Waals surface area contributed by atoms with Crippen molar-refractivity contribution in [2.24, 2.45) is 7.05 Å².